The molecule has 4 heteroatoms. The van der Waals surface area contributed by atoms with Gasteiger partial charge in [0.1, 0.15) is 11.6 Å². The molecule has 0 radical (unpaired) electrons. The van der Waals surface area contributed by atoms with Gasteiger partial charge in [0.25, 0.3) is 0 Å². The third kappa shape index (κ3) is 3.18. The number of rotatable bonds is 5. The molecule has 1 aromatic rings. The van der Waals surface area contributed by atoms with Crippen LogP contribution in [-0.2, 0) is 0 Å². The van der Waals surface area contributed by atoms with Crippen molar-refractivity contribution < 1.29 is 14.2 Å². The van der Waals surface area contributed by atoms with Crippen molar-refractivity contribution in [1.82, 2.24) is 0 Å². The minimum Gasteiger partial charge on any atom is -0.493 e. The topological polar surface area (TPSA) is 55.5 Å². The van der Waals surface area contributed by atoms with Crippen molar-refractivity contribution in [2.75, 3.05) is 13.2 Å². The van der Waals surface area contributed by atoms with Crippen LogP contribution in [0.25, 0.3) is 0 Å². The van der Waals surface area contributed by atoms with Gasteiger partial charge in [0, 0.05) is 24.6 Å². The molecular weight excluding hydrogens is 197 g/mol. The number of ether oxygens (including phenoxy) is 1. The zero-order valence-corrected chi connectivity index (χ0v) is 8.74. The zero-order valence-electron chi connectivity index (χ0n) is 8.74. The fourth-order valence-electron chi connectivity index (χ4n) is 1.33. The highest BCUT2D eigenvalue weighted by Gasteiger charge is 2.13. The minimum atomic E-state index is -0.407. The molecule has 3 N–H and O–H groups in total. The van der Waals surface area contributed by atoms with Crippen molar-refractivity contribution >= 4 is 0 Å². The molecule has 0 aromatic heterocycles. The molecule has 84 valence electrons. The van der Waals surface area contributed by atoms with E-state index in [2.05, 4.69) is 0 Å². The molecule has 0 spiro atoms. The summed E-state index contributed by atoms with van der Waals surface area (Å²) in [5, 5.41) is 8.60. The highest BCUT2D eigenvalue weighted by molar-refractivity contribution is 5.36. The van der Waals surface area contributed by atoms with Crippen LogP contribution >= 0.6 is 0 Å². The molecule has 1 rings (SSSR count). The minimum absolute atomic E-state index is 0.0584. The van der Waals surface area contributed by atoms with E-state index < -0.39 is 6.04 Å². The van der Waals surface area contributed by atoms with Gasteiger partial charge in [0.15, 0.2) is 0 Å². The predicted octanol–water partition coefficient (Wildman–Crippen LogP) is 1.61. The molecule has 0 fully saturated rings. The van der Waals surface area contributed by atoms with Gasteiger partial charge in [-0.2, -0.15) is 0 Å². The lowest BCUT2D eigenvalue weighted by molar-refractivity contribution is 0.231. The molecular formula is C11H16FNO2. The maximum absolute atomic E-state index is 13.4. The first-order valence-electron chi connectivity index (χ1n) is 4.94. The molecule has 1 aromatic carbocycles. The van der Waals surface area contributed by atoms with Crippen molar-refractivity contribution in [3.05, 3.63) is 29.6 Å². The van der Waals surface area contributed by atoms with Crippen LogP contribution in [0.3, 0.4) is 0 Å². The standard InChI is InChI=1S/C11H16FNO2/c1-8(13)11-9(12)4-2-5-10(11)15-7-3-6-14/h2,4-5,8,14H,3,6-7,13H2,1H3/t8-/m0/s1. The number of hydrogen-bond acceptors (Lipinski definition) is 3. The van der Waals surface area contributed by atoms with E-state index in [0.717, 1.165) is 0 Å². The summed E-state index contributed by atoms with van der Waals surface area (Å²) < 4.78 is 18.7. The van der Waals surface area contributed by atoms with Crippen LogP contribution in [0.15, 0.2) is 18.2 Å². The van der Waals surface area contributed by atoms with E-state index in [1.54, 1.807) is 19.1 Å². The second-order valence-electron chi connectivity index (χ2n) is 3.37. The van der Waals surface area contributed by atoms with Crippen LogP contribution in [0.5, 0.6) is 5.75 Å². The first kappa shape index (κ1) is 11.9. The number of aliphatic hydroxyl groups excluding tert-OH is 1. The van der Waals surface area contributed by atoms with Gasteiger partial charge >= 0.3 is 0 Å². The van der Waals surface area contributed by atoms with Gasteiger partial charge < -0.3 is 15.6 Å². The van der Waals surface area contributed by atoms with Crippen molar-refractivity contribution in [1.29, 1.82) is 0 Å². The van der Waals surface area contributed by atoms with Crippen LogP contribution in [-0.4, -0.2) is 18.3 Å². The Kier molecular flexibility index (Phi) is 4.52. The van der Waals surface area contributed by atoms with Gasteiger partial charge in [0.05, 0.1) is 6.61 Å². The average Bonchev–Trinajstić information content (AvgIpc) is 2.17. The second-order valence-corrected chi connectivity index (χ2v) is 3.37. The van der Waals surface area contributed by atoms with Crippen LogP contribution in [0.1, 0.15) is 24.9 Å². The summed E-state index contributed by atoms with van der Waals surface area (Å²) >= 11 is 0. The predicted molar refractivity (Wildman–Crippen MR) is 56.2 cm³/mol. The third-order valence-corrected chi connectivity index (χ3v) is 2.03. The van der Waals surface area contributed by atoms with Crippen LogP contribution in [0.2, 0.25) is 0 Å². The summed E-state index contributed by atoms with van der Waals surface area (Å²) in [7, 11) is 0. The maximum atomic E-state index is 13.4. The largest absolute Gasteiger partial charge is 0.493 e. The van der Waals surface area contributed by atoms with Gasteiger partial charge in [-0.3, -0.25) is 0 Å². The summed E-state index contributed by atoms with van der Waals surface area (Å²) in [6, 6.07) is 4.21. The van der Waals surface area contributed by atoms with E-state index in [1.807, 2.05) is 0 Å². The molecule has 0 bridgehead atoms. The number of halogens is 1. The molecule has 0 amide bonds. The Bertz CT molecular complexity index is 315. The van der Waals surface area contributed by atoms with E-state index in [4.69, 9.17) is 15.6 Å². The molecule has 0 aliphatic heterocycles. The highest BCUT2D eigenvalue weighted by Crippen LogP contribution is 2.26. The van der Waals surface area contributed by atoms with Crippen molar-refractivity contribution in [2.24, 2.45) is 5.73 Å². The van der Waals surface area contributed by atoms with Gasteiger partial charge in [0.2, 0.25) is 0 Å². The van der Waals surface area contributed by atoms with Crippen molar-refractivity contribution in [3.63, 3.8) is 0 Å². The molecule has 0 saturated heterocycles. The molecule has 0 aliphatic carbocycles. The van der Waals surface area contributed by atoms with Crippen LogP contribution < -0.4 is 10.5 Å². The van der Waals surface area contributed by atoms with E-state index in [9.17, 15) is 4.39 Å². The Morgan fingerprint density at radius 1 is 1.53 bits per heavy atom. The first-order chi connectivity index (χ1) is 7.16. The monoisotopic (exact) mass is 213 g/mol. The van der Waals surface area contributed by atoms with E-state index in [1.165, 1.54) is 6.07 Å². The molecule has 0 unspecified atom stereocenters. The molecule has 0 aliphatic rings. The van der Waals surface area contributed by atoms with Gasteiger partial charge in [-0.05, 0) is 19.1 Å². The number of benzene rings is 1. The second kappa shape index (κ2) is 5.68. The summed E-state index contributed by atoms with van der Waals surface area (Å²) in [6.45, 7) is 2.12. The fourth-order valence-corrected chi connectivity index (χ4v) is 1.33. The normalized spacial score (nSPS) is 12.5. The third-order valence-electron chi connectivity index (χ3n) is 2.03. The summed E-state index contributed by atoms with van der Waals surface area (Å²) in [6.07, 6.45) is 0.523. The van der Waals surface area contributed by atoms with E-state index in [0.29, 0.717) is 24.3 Å². The Morgan fingerprint density at radius 3 is 2.87 bits per heavy atom. The molecule has 1 atom stereocenters. The summed E-state index contributed by atoms with van der Waals surface area (Å²) in [5.74, 6) is 0.102. The molecule has 0 heterocycles. The van der Waals surface area contributed by atoms with Crippen LogP contribution in [0, 0.1) is 5.82 Å². The van der Waals surface area contributed by atoms with Crippen LogP contribution in [0.4, 0.5) is 4.39 Å². The lowest BCUT2D eigenvalue weighted by atomic mass is 10.1. The summed E-state index contributed by atoms with van der Waals surface area (Å²) in [4.78, 5) is 0. The SMILES string of the molecule is C[C@H](N)c1c(F)cccc1OCCCO. The Hall–Kier alpha value is -1.13. The molecule has 15 heavy (non-hydrogen) atoms. The number of nitrogens with two attached hydrogens (primary N) is 1. The lowest BCUT2D eigenvalue weighted by Gasteiger charge is -2.14. The Labute approximate surface area is 88.7 Å². The average molecular weight is 213 g/mol. The number of hydrogen-bond donors (Lipinski definition) is 2. The highest BCUT2D eigenvalue weighted by atomic mass is 19.1. The summed E-state index contributed by atoms with van der Waals surface area (Å²) in [5.41, 5.74) is 6.03. The molecule has 0 saturated carbocycles. The van der Waals surface area contributed by atoms with Gasteiger partial charge in [-0.25, -0.2) is 4.39 Å². The maximum Gasteiger partial charge on any atom is 0.131 e. The quantitative estimate of drug-likeness (QED) is 0.730. The number of aliphatic hydroxyl groups is 1. The smallest absolute Gasteiger partial charge is 0.131 e. The lowest BCUT2D eigenvalue weighted by Crippen LogP contribution is -2.11. The zero-order chi connectivity index (χ0) is 11.3. The van der Waals surface area contributed by atoms with Crippen molar-refractivity contribution in [2.45, 2.75) is 19.4 Å². The first-order valence-corrected chi connectivity index (χ1v) is 4.94. The van der Waals surface area contributed by atoms with E-state index in [-0.39, 0.29) is 12.4 Å². The molecule has 3 nitrogen and oxygen atoms in total. The fraction of sp³-hybridized carbons (Fsp3) is 0.455. The van der Waals surface area contributed by atoms with E-state index >= 15 is 0 Å². The van der Waals surface area contributed by atoms with Crippen molar-refractivity contribution in [3.8, 4) is 5.75 Å². The van der Waals surface area contributed by atoms with Gasteiger partial charge in [-0.15, -0.1) is 0 Å². The Balaban J connectivity index is 2.81. The van der Waals surface area contributed by atoms with Gasteiger partial charge in [-0.1, -0.05) is 6.07 Å². The Morgan fingerprint density at radius 2 is 2.27 bits per heavy atom.